The number of phenolic OH excluding ortho intramolecular Hbond substituents is 1. The number of piperazine rings is 1. The smallest absolute Gasteiger partial charge is 0.352 e. The maximum Gasteiger partial charge on any atom is 0.352 e. The number of rotatable bonds is 11. The second-order valence-electron chi connectivity index (χ2n) is 10.3. The minimum atomic E-state index is -2.11. The van der Waals surface area contributed by atoms with Crippen LogP contribution in [-0.2, 0) is 31.0 Å². The van der Waals surface area contributed by atoms with Crippen molar-refractivity contribution in [1.29, 1.82) is 0 Å². The molecule has 23 heteroatoms. The van der Waals surface area contributed by atoms with Crippen LogP contribution in [0.5, 0.6) is 5.75 Å². The highest BCUT2D eigenvalue weighted by Gasteiger charge is 2.59. The van der Waals surface area contributed by atoms with Crippen LogP contribution in [0.15, 0.2) is 51.3 Å². The van der Waals surface area contributed by atoms with Crippen LogP contribution in [0.3, 0.4) is 0 Å². The Kier molecular flexibility index (Phi) is 9.69. The van der Waals surface area contributed by atoms with E-state index in [1.54, 1.807) is 14.0 Å². The predicted molar refractivity (Wildman–Crippen MR) is 162 cm³/mol. The van der Waals surface area contributed by atoms with Gasteiger partial charge in [0, 0.05) is 38.2 Å². The van der Waals surface area contributed by atoms with E-state index in [2.05, 4.69) is 26.1 Å². The lowest BCUT2D eigenvalue weighted by atomic mass is 10.00. The SMILES string of the molecule is CCN1CCN(C(=O)N(N=O)[C@@H](C(=O)N(N=O)[C@@H]2C(=O)N3C(C(=O)O)=C(CSc4nnnn4C)CS[C@H]23)c2ccc(O)cc2)C(=O)C1=O. The molecule has 2 fully saturated rings. The van der Waals surface area contributed by atoms with Gasteiger partial charge in [-0.15, -0.1) is 26.7 Å². The summed E-state index contributed by atoms with van der Waals surface area (Å²) in [6.45, 7) is 1.37. The number of nitrogens with zero attached hydrogens (tertiary/aromatic N) is 11. The maximum absolute atomic E-state index is 14.1. The number of thioether (sulfide) groups is 2. The first-order valence-electron chi connectivity index (χ1n) is 13.9. The number of amides is 6. The third kappa shape index (κ3) is 5.92. The summed E-state index contributed by atoms with van der Waals surface area (Å²) < 4.78 is 1.38. The number of fused-ring (bicyclic) bond motifs is 1. The lowest BCUT2D eigenvalue weighted by molar-refractivity contribution is -0.162. The number of hydrogen-bond acceptors (Lipinski definition) is 16. The van der Waals surface area contributed by atoms with Crippen LogP contribution in [-0.4, -0.2) is 133 Å². The monoisotopic (exact) mass is 703 g/mol. The van der Waals surface area contributed by atoms with E-state index in [1.165, 1.54) is 4.68 Å². The van der Waals surface area contributed by atoms with Gasteiger partial charge in [-0.1, -0.05) is 23.9 Å². The van der Waals surface area contributed by atoms with Crippen molar-refractivity contribution < 1.29 is 39.0 Å². The molecule has 3 atom stereocenters. The normalized spacial score (nSPS) is 19.8. The Hall–Kier alpha value is -5.45. The zero-order valence-corrected chi connectivity index (χ0v) is 26.6. The minimum Gasteiger partial charge on any atom is -0.508 e. The number of carbonyl (C=O) groups is 6. The number of carboxylic acids is 1. The maximum atomic E-state index is 14.1. The molecule has 0 unspecified atom stereocenters. The third-order valence-corrected chi connectivity index (χ3v) is 10.1. The van der Waals surface area contributed by atoms with Gasteiger partial charge in [-0.2, -0.15) is 10.0 Å². The Morgan fingerprint density at radius 1 is 1.10 bits per heavy atom. The van der Waals surface area contributed by atoms with Gasteiger partial charge in [-0.3, -0.25) is 29.0 Å². The molecule has 4 heterocycles. The zero-order chi connectivity index (χ0) is 34.9. The number of carbonyl (C=O) groups excluding carboxylic acids is 5. The molecule has 1 aromatic carbocycles. The van der Waals surface area contributed by atoms with Crippen LogP contribution in [0.4, 0.5) is 4.79 Å². The van der Waals surface area contributed by atoms with E-state index < -0.39 is 53.1 Å². The molecule has 0 spiro atoms. The van der Waals surface area contributed by atoms with Gasteiger partial charge in [0.2, 0.25) is 5.16 Å². The lowest BCUT2D eigenvalue weighted by Gasteiger charge is -2.51. The number of imide groups is 1. The van der Waals surface area contributed by atoms with E-state index in [-0.39, 0.29) is 58.2 Å². The Bertz CT molecular complexity index is 1730. The number of aliphatic carboxylic acids is 1. The van der Waals surface area contributed by atoms with Gasteiger partial charge in [-0.05, 0) is 40.6 Å². The fourth-order valence-corrected chi connectivity index (χ4v) is 7.61. The van der Waals surface area contributed by atoms with Gasteiger partial charge < -0.3 is 15.1 Å². The Balaban J connectivity index is 1.44. The summed E-state index contributed by atoms with van der Waals surface area (Å²) in [5.41, 5.74) is -0.211. The average Bonchev–Trinajstić information content (AvgIpc) is 3.49. The van der Waals surface area contributed by atoms with Gasteiger partial charge >= 0.3 is 23.8 Å². The first-order chi connectivity index (χ1) is 22.9. The average molecular weight is 704 g/mol. The summed E-state index contributed by atoms with van der Waals surface area (Å²) in [7, 11) is 1.59. The number of urea groups is 1. The predicted octanol–water partition coefficient (Wildman–Crippen LogP) is -0.324. The lowest BCUT2D eigenvalue weighted by Crippen LogP contribution is -2.71. The summed E-state index contributed by atoms with van der Waals surface area (Å²) >= 11 is 2.16. The molecular weight excluding hydrogens is 678 g/mol. The highest BCUT2D eigenvalue weighted by atomic mass is 32.2. The van der Waals surface area contributed by atoms with Gasteiger partial charge in [-0.25, -0.2) is 14.3 Å². The third-order valence-electron chi connectivity index (χ3n) is 7.65. The van der Waals surface area contributed by atoms with E-state index >= 15 is 0 Å². The van der Waals surface area contributed by atoms with E-state index in [0.717, 1.165) is 57.6 Å². The molecular formula is C25H25N11O10S2. The second kappa shape index (κ2) is 13.7. The van der Waals surface area contributed by atoms with Crippen LogP contribution in [0, 0.1) is 9.81 Å². The van der Waals surface area contributed by atoms with Crippen molar-refractivity contribution in [3.63, 3.8) is 0 Å². The number of phenols is 1. The number of nitroso groups, excluding NO2 is 2. The fraction of sp³-hybridized carbons (Fsp3) is 0.400. The first kappa shape index (κ1) is 33.9. The summed E-state index contributed by atoms with van der Waals surface area (Å²) in [4.78, 5) is 106. The van der Waals surface area contributed by atoms with E-state index in [4.69, 9.17) is 0 Å². The van der Waals surface area contributed by atoms with Crippen molar-refractivity contribution in [3.8, 4) is 5.75 Å². The molecule has 252 valence electrons. The molecule has 6 amide bonds. The van der Waals surface area contributed by atoms with Crippen molar-refractivity contribution in [2.45, 2.75) is 29.5 Å². The van der Waals surface area contributed by atoms with Crippen molar-refractivity contribution in [2.75, 3.05) is 31.1 Å². The van der Waals surface area contributed by atoms with Crippen molar-refractivity contribution in [2.24, 2.45) is 17.6 Å². The molecule has 2 aromatic rings. The largest absolute Gasteiger partial charge is 0.508 e. The van der Waals surface area contributed by atoms with Crippen LogP contribution in [0.1, 0.15) is 18.5 Å². The number of aromatic nitrogens is 4. The Morgan fingerprint density at radius 3 is 2.40 bits per heavy atom. The number of aromatic hydroxyl groups is 1. The number of tetrazole rings is 1. The van der Waals surface area contributed by atoms with Crippen LogP contribution < -0.4 is 0 Å². The zero-order valence-electron chi connectivity index (χ0n) is 25.0. The van der Waals surface area contributed by atoms with Gasteiger partial charge in [0.25, 0.3) is 11.8 Å². The number of hydrogen-bond donors (Lipinski definition) is 2. The van der Waals surface area contributed by atoms with Crippen molar-refractivity contribution in [1.82, 2.24) is 44.9 Å². The van der Waals surface area contributed by atoms with Gasteiger partial charge in [0.1, 0.15) is 16.8 Å². The molecule has 2 N–H and O–H groups in total. The summed E-state index contributed by atoms with van der Waals surface area (Å²) in [5, 5.41) is 35.8. The van der Waals surface area contributed by atoms with Crippen molar-refractivity contribution in [3.05, 3.63) is 50.9 Å². The molecule has 3 aliphatic heterocycles. The number of aryl methyl sites for hydroxylation is 1. The standard InChI is InChI=1S/C25H25N11O10S2/c1-3-32-8-9-33(21(41)20(32)40)25(44)36(30-46)15(12-4-6-14(37)7-5-12)19(39)35(29-45)17-18(38)34-16(23(42)43)13(10-47-22(17)34)11-48-24-26-27-28-31(24)2/h4-7,15,17,22,37H,3,8-11H2,1-2H3,(H,42,43)/t15-,17-,22-/m1/s1. The van der Waals surface area contributed by atoms with E-state index in [0.29, 0.717) is 15.6 Å². The molecule has 1 aromatic heterocycles. The van der Waals surface area contributed by atoms with E-state index in [1.807, 2.05) is 0 Å². The molecule has 2 saturated heterocycles. The topological polar surface area (TPSA) is 262 Å². The van der Waals surface area contributed by atoms with Crippen LogP contribution in [0.25, 0.3) is 0 Å². The number of β-lactam (4-membered cyclic amide) rings is 1. The van der Waals surface area contributed by atoms with Crippen LogP contribution >= 0.6 is 23.5 Å². The Labute approximate surface area is 277 Å². The second-order valence-corrected chi connectivity index (χ2v) is 12.3. The first-order valence-corrected chi connectivity index (χ1v) is 16.0. The van der Waals surface area contributed by atoms with Gasteiger partial charge in [0.15, 0.2) is 12.1 Å². The van der Waals surface area contributed by atoms with Gasteiger partial charge in [0.05, 0.1) is 10.6 Å². The molecule has 5 rings (SSSR count). The number of benzene rings is 1. The quantitative estimate of drug-likeness (QED) is 0.0998. The highest BCUT2D eigenvalue weighted by Crippen LogP contribution is 2.44. The Morgan fingerprint density at radius 2 is 1.81 bits per heavy atom. The fourth-order valence-electron chi connectivity index (χ4n) is 5.23. The molecule has 0 aliphatic carbocycles. The number of likely N-dealkylation sites (N-methyl/N-ethyl adjacent to an activating group) is 1. The summed E-state index contributed by atoms with van der Waals surface area (Å²) in [5.74, 6) is -6.28. The van der Waals surface area contributed by atoms with Crippen molar-refractivity contribution >= 4 is 59.2 Å². The van der Waals surface area contributed by atoms with Crippen LogP contribution in [0.2, 0.25) is 0 Å². The molecule has 21 nitrogen and oxygen atoms in total. The summed E-state index contributed by atoms with van der Waals surface area (Å²) in [6.07, 6.45) is 0. The van der Waals surface area contributed by atoms with E-state index in [9.17, 15) is 48.8 Å². The number of carboxylic acid groups (broad SMARTS) is 1. The molecule has 0 saturated carbocycles. The molecule has 48 heavy (non-hydrogen) atoms. The summed E-state index contributed by atoms with van der Waals surface area (Å²) in [6, 6.07) is -0.792. The minimum absolute atomic E-state index is 0.0356. The molecule has 0 radical (unpaired) electrons. The highest BCUT2D eigenvalue weighted by molar-refractivity contribution is 8.01. The molecule has 0 bridgehead atoms. The molecule has 3 aliphatic rings.